The van der Waals surface area contributed by atoms with Crippen molar-refractivity contribution in [1.29, 1.82) is 0 Å². The van der Waals surface area contributed by atoms with Crippen molar-refractivity contribution in [3.8, 4) is 0 Å². The molecule has 0 fully saturated rings. The highest BCUT2D eigenvalue weighted by Gasteiger charge is 2.31. The molecular weight excluding hydrogens is 364 g/mol. The van der Waals surface area contributed by atoms with Crippen molar-refractivity contribution in [2.45, 2.75) is 31.2 Å². The summed E-state index contributed by atoms with van der Waals surface area (Å²) in [6.07, 6.45) is 2.65. The molecule has 2 heterocycles. The van der Waals surface area contributed by atoms with E-state index in [2.05, 4.69) is 10.4 Å². The van der Waals surface area contributed by atoms with Gasteiger partial charge in [0.1, 0.15) is 10.7 Å². The van der Waals surface area contributed by atoms with E-state index in [9.17, 15) is 23.1 Å². The van der Waals surface area contributed by atoms with Gasteiger partial charge in [-0.25, -0.2) is 17.5 Å². The van der Waals surface area contributed by atoms with Crippen LogP contribution < -0.4 is 5.32 Å². The minimum atomic E-state index is -3.74. The van der Waals surface area contributed by atoms with Crippen molar-refractivity contribution >= 4 is 27.6 Å². The van der Waals surface area contributed by atoms with Crippen LogP contribution in [-0.4, -0.2) is 53.6 Å². The third-order valence-corrected chi connectivity index (χ3v) is 5.71. The Balaban J connectivity index is 2.25. The second-order valence-electron chi connectivity index (χ2n) is 6.31. The Kier molecular flexibility index (Phi) is 4.97. The fourth-order valence-corrected chi connectivity index (χ4v) is 3.07. The molecule has 2 aromatic rings. The fourth-order valence-electron chi connectivity index (χ4n) is 2.01. The van der Waals surface area contributed by atoms with Gasteiger partial charge in [-0.15, -0.1) is 0 Å². The monoisotopic (exact) mass is 384 g/mol. The van der Waals surface area contributed by atoms with E-state index in [-0.39, 0.29) is 22.1 Å². The van der Waals surface area contributed by atoms with Crippen molar-refractivity contribution in [3.63, 3.8) is 0 Å². The number of sulfonamides is 1. The fraction of sp³-hybridized carbons (Fsp3) is 0.400. The first-order valence-corrected chi connectivity index (χ1v) is 8.94. The van der Waals surface area contributed by atoms with Crippen LogP contribution in [0.1, 0.15) is 30.2 Å². The van der Waals surface area contributed by atoms with Crippen LogP contribution in [0.25, 0.3) is 0 Å². The highest BCUT2D eigenvalue weighted by atomic mass is 32.2. The first kappa shape index (κ1) is 19.7. The number of rotatable bonds is 6. The van der Waals surface area contributed by atoms with Gasteiger partial charge in [-0.05, 0) is 20.8 Å². The number of furan rings is 1. The molecule has 0 aliphatic heterocycles. The second kappa shape index (κ2) is 6.57. The number of carboxylic acid groups (broad SMARTS) is 1. The van der Waals surface area contributed by atoms with E-state index in [1.807, 2.05) is 0 Å². The highest BCUT2D eigenvalue weighted by molar-refractivity contribution is 7.89. The molecule has 0 saturated carbocycles. The van der Waals surface area contributed by atoms with E-state index in [1.54, 1.807) is 0 Å². The van der Waals surface area contributed by atoms with Gasteiger partial charge < -0.3 is 14.8 Å². The number of carbonyl (C=O) groups excluding carboxylic acids is 1. The summed E-state index contributed by atoms with van der Waals surface area (Å²) in [7, 11) is -0.990. The van der Waals surface area contributed by atoms with E-state index in [0.717, 1.165) is 10.4 Å². The first-order valence-electron chi connectivity index (χ1n) is 7.50. The van der Waals surface area contributed by atoms with Gasteiger partial charge in [-0.2, -0.15) is 5.10 Å². The first-order chi connectivity index (χ1) is 11.9. The quantitative estimate of drug-likeness (QED) is 0.761. The third kappa shape index (κ3) is 3.48. The molecule has 0 aliphatic carbocycles. The summed E-state index contributed by atoms with van der Waals surface area (Å²) in [6, 6.07) is 1.14. The van der Waals surface area contributed by atoms with Gasteiger partial charge in [0.05, 0.1) is 11.9 Å². The van der Waals surface area contributed by atoms with Crippen molar-refractivity contribution in [2.24, 2.45) is 0 Å². The minimum Gasteiger partial charge on any atom is -0.479 e. The summed E-state index contributed by atoms with van der Waals surface area (Å²) in [5.41, 5.74) is -1.05. The van der Waals surface area contributed by atoms with Gasteiger partial charge >= 0.3 is 5.97 Å². The molecular formula is C15H20N4O6S. The van der Waals surface area contributed by atoms with Gasteiger partial charge in [-0.1, -0.05) is 0 Å². The number of hydrogen-bond acceptors (Lipinski definition) is 6. The van der Waals surface area contributed by atoms with Crippen LogP contribution in [0, 0.1) is 6.92 Å². The number of carbonyl (C=O) groups is 2. The molecule has 0 saturated heterocycles. The lowest BCUT2D eigenvalue weighted by Gasteiger charge is -2.19. The van der Waals surface area contributed by atoms with Crippen LogP contribution in [0.5, 0.6) is 0 Å². The SMILES string of the molecule is Cc1oc(C(=O)Nc2cnn(C(C)(C)C(=O)O)c2)cc1S(=O)(=O)N(C)C. The number of amides is 1. The Labute approximate surface area is 150 Å². The zero-order chi connectivity index (χ0) is 19.9. The molecule has 0 aromatic carbocycles. The lowest BCUT2D eigenvalue weighted by molar-refractivity contribution is -0.146. The third-order valence-electron chi connectivity index (χ3n) is 3.79. The van der Waals surface area contributed by atoms with E-state index in [1.165, 1.54) is 51.9 Å². The lowest BCUT2D eigenvalue weighted by Crippen LogP contribution is -2.35. The molecule has 2 rings (SSSR count). The van der Waals surface area contributed by atoms with E-state index < -0.39 is 27.4 Å². The molecule has 0 radical (unpaired) electrons. The predicted octanol–water partition coefficient (Wildman–Crippen LogP) is 1.11. The molecule has 26 heavy (non-hydrogen) atoms. The zero-order valence-corrected chi connectivity index (χ0v) is 15.8. The Morgan fingerprint density at radius 2 is 1.96 bits per heavy atom. The number of carboxylic acids is 1. The number of nitrogens with zero attached hydrogens (tertiary/aromatic N) is 3. The summed E-state index contributed by atoms with van der Waals surface area (Å²) in [5, 5.41) is 15.6. The molecule has 1 amide bonds. The van der Waals surface area contributed by atoms with Crippen LogP contribution in [0.2, 0.25) is 0 Å². The van der Waals surface area contributed by atoms with Crippen LogP contribution in [-0.2, 0) is 20.4 Å². The molecule has 0 aliphatic rings. The minimum absolute atomic E-state index is 0.0894. The van der Waals surface area contributed by atoms with E-state index in [0.29, 0.717) is 0 Å². The maximum atomic E-state index is 12.3. The van der Waals surface area contributed by atoms with Crippen molar-refractivity contribution in [3.05, 3.63) is 30.0 Å². The number of aromatic nitrogens is 2. The molecule has 0 atom stereocenters. The van der Waals surface area contributed by atoms with Gasteiger partial charge in [0, 0.05) is 26.4 Å². The molecule has 0 bridgehead atoms. The average Bonchev–Trinajstić information content (AvgIpc) is 3.14. The molecule has 2 aromatic heterocycles. The smallest absolute Gasteiger partial charge is 0.331 e. The van der Waals surface area contributed by atoms with Gasteiger partial charge in [-0.3, -0.25) is 9.48 Å². The maximum absolute atomic E-state index is 12.3. The Bertz CT molecular complexity index is 955. The standard InChI is InChI=1S/C15H20N4O6S/c1-9-12(26(23,24)18(4)5)6-11(25-9)13(20)17-10-7-16-19(8-10)15(2,3)14(21)22/h6-8H,1-5H3,(H,17,20)(H,21,22). The summed E-state index contributed by atoms with van der Waals surface area (Å²) in [5.74, 6) is -1.86. The number of aryl methyl sites for hydroxylation is 1. The second-order valence-corrected chi connectivity index (χ2v) is 8.43. The Morgan fingerprint density at radius 1 is 1.35 bits per heavy atom. The highest BCUT2D eigenvalue weighted by Crippen LogP contribution is 2.23. The topological polar surface area (TPSA) is 135 Å². The number of aliphatic carboxylic acids is 1. The van der Waals surface area contributed by atoms with Gasteiger partial charge in [0.2, 0.25) is 10.0 Å². The molecule has 0 spiro atoms. The van der Waals surface area contributed by atoms with Crippen molar-refractivity contribution in [1.82, 2.24) is 14.1 Å². The molecule has 0 unspecified atom stereocenters. The predicted molar refractivity (Wildman–Crippen MR) is 91.5 cm³/mol. The summed E-state index contributed by atoms with van der Waals surface area (Å²) < 4.78 is 31.9. The average molecular weight is 384 g/mol. The summed E-state index contributed by atoms with van der Waals surface area (Å²) in [4.78, 5) is 23.4. The summed E-state index contributed by atoms with van der Waals surface area (Å²) >= 11 is 0. The number of hydrogen-bond donors (Lipinski definition) is 2. The van der Waals surface area contributed by atoms with Crippen LogP contribution >= 0.6 is 0 Å². The normalized spacial score (nSPS) is 12.4. The molecule has 10 nitrogen and oxygen atoms in total. The van der Waals surface area contributed by atoms with Crippen LogP contribution in [0.4, 0.5) is 5.69 Å². The van der Waals surface area contributed by atoms with Gasteiger partial charge in [0.15, 0.2) is 11.3 Å². The van der Waals surface area contributed by atoms with Crippen LogP contribution in [0.3, 0.4) is 0 Å². The van der Waals surface area contributed by atoms with Crippen molar-refractivity contribution in [2.75, 3.05) is 19.4 Å². The maximum Gasteiger partial charge on any atom is 0.331 e. The molecule has 11 heteroatoms. The van der Waals surface area contributed by atoms with E-state index >= 15 is 0 Å². The van der Waals surface area contributed by atoms with Gasteiger partial charge in [0.25, 0.3) is 5.91 Å². The Morgan fingerprint density at radius 3 is 2.50 bits per heavy atom. The lowest BCUT2D eigenvalue weighted by atomic mass is 10.1. The zero-order valence-electron chi connectivity index (χ0n) is 15.0. The number of nitrogens with one attached hydrogen (secondary N) is 1. The summed E-state index contributed by atoms with van der Waals surface area (Å²) in [6.45, 7) is 4.37. The van der Waals surface area contributed by atoms with Crippen molar-refractivity contribution < 1.29 is 27.5 Å². The Hall–Kier alpha value is -2.66. The molecule has 142 valence electrons. The molecule has 2 N–H and O–H groups in total. The van der Waals surface area contributed by atoms with Crippen LogP contribution in [0.15, 0.2) is 27.8 Å². The largest absolute Gasteiger partial charge is 0.479 e. The van der Waals surface area contributed by atoms with E-state index in [4.69, 9.17) is 4.42 Å². The number of anilines is 1.